The second-order valence-corrected chi connectivity index (χ2v) is 7.43. The molecule has 0 heterocycles. The normalized spacial score (nSPS) is 11.6. The van der Waals surface area contributed by atoms with Crippen molar-refractivity contribution in [2.45, 2.75) is 39.3 Å². The molecule has 0 aliphatic heterocycles. The lowest BCUT2D eigenvalue weighted by molar-refractivity contribution is -0.140. The first-order chi connectivity index (χ1) is 13.9. The largest absolute Gasteiger partial charge is 0.497 e. The van der Waals surface area contributed by atoms with Crippen molar-refractivity contribution in [2.75, 3.05) is 13.7 Å². The number of hydrogen-bond acceptors (Lipinski definition) is 3. The van der Waals surface area contributed by atoms with Crippen LogP contribution in [0.15, 0.2) is 42.5 Å². The molecular formula is C22H26Cl2N2O3. The molecule has 2 aromatic rings. The smallest absolute Gasteiger partial charge is 0.242 e. The van der Waals surface area contributed by atoms with E-state index in [-0.39, 0.29) is 18.2 Å². The van der Waals surface area contributed by atoms with Crippen LogP contribution in [0.25, 0.3) is 0 Å². The average molecular weight is 437 g/mol. The Morgan fingerprint density at radius 2 is 1.69 bits per heavy atom. The molecule has 0 unspecified atom stereocenters. The van der Waals surface area contributed by atoms with Crippen LogP contribution in [0.1, 0.15) is 31.4 Å². The van der Waals surface area contributed by atoms with E-state index in [4.69, 9.17) is 27.9 Å². The van der Waals surface area contributed by atoms with Crippen LogP contribution in [0.5, 0.6) is 5.75 Å². The van der Waals surface area contributed by atoms with Crippen LogP contribution in [-0.4, -0.2) is 36.4 Å². The number of hydrogen-bond donors (Lipinski definition) is 1. The van der Waals surface area contributed by atoms with E-state index in [0.29, 0.717) is 29.6 Å². The van der Waals surface area contributed by atoms with Gasteiger partial charge in [0.2, 0.25) is 11.8 Å². The summed E-state index contributed by atoms with van der Waals surface area (Å²) in [5.74, 6) is 0.418. The van der Waals surface area contributed by atoms with Gasteiger partial charge >= 0.3 is 0 Å². The highest BCUT2D eigenvalue weighted by atomic mass is 35.5. The first-order valence-corrected chi connectivity index (χ1v) is 10.3. The van der Waals surface area contributed by atoms with Gasteiger partial charge in [0.1, 0.15) is 11.8 Å². The molecule has 2 amide bonds. The number of carbonyl (C=O) groups is 2. The third-order valence-electron chi connectivity index (χ3n) is 4.59. The molecule has 0 fully saturated rings. The molecule has 0 bridgehead atoms. The van der Waals surface area contributed by atoms with Gasteiger partial charge in [-0.05, 0) is 48.7 Å². The third kappa shape index (κ3) is 6.38. The topological polar surface area (TPSA) is 58.6 Å². The number of rotatable bonds is 9. The summed E-state index contributed by atoms with van der Waals surface area (Å²) < 4.78 is 5.19. The van der Waals surface area contributed by atoms with E-state index in [1.54, 1.807) is 30.2 Å². The van der Waals surface area contributed by atoms with E-state index >= 15 is 0 Å². The Morgan fingerprint density at radius 3 is 2.24 bits per heavy atom. The highest BCUT2D eigenvalue weighted by Gasteiger charge is 2.28. The summed E-state index contributed by atoms with van der Waals surface area (Å²) in [7, 11) is 1.60. The number of ether oxygens (including phenoxy) is 1. The highest BCUT2D eigenvalue weighted by Crippen LogP contribution is 2.24. The summed E-state index contributed by atoms with van der Waals surface area (Å²) in [6.07, 6.45) is 0.637. The monoisotopic (exact) mass is 436 g/mol. The number of carbonyl (C=O) groups excluding carboxylic acids is 2. The minimum atomic E-state index is -0.563. The van der Waals surface area contributed by atoms with Gasteiger partial charge in [0.25, 0.3) is 0 Å². The lowest BCUT2D eigenvalue weighted by Gasteiger charge is -2.30. The fourth-order valence-electron chi connectivity index (χ4n) is 3.06. The van der Waals surface area contributed by atoms with Crippen molar-refractivity contribution in [3.8, 4) is 5.75 Å². The van der Waals surface area contributed by atoms with Gasteiger partial charge in [-0.2, -0.15) is 0 Å². The predicted molar refractivity (Wildman–Crippen MR) is 116 cm³/mol. The number of likely N-dealkylation sites (N-methyl/N-ethyl adjacent to an activating group) is 1. The van der Waals surface area contributed by atoms with E-state index in [1.807, 2.05) is 38.1 Å². The maximum absolute atomic E-state index is 13.2. The van der Waals surface area contributed by atoms with Crippen LogP contribution in [0.2, 0.25) is 10.0 Å². The summed E-state index contributed by atoms with van der Waals surface area (Å²) >= 11 is 12.1. The van der Waals surface area contributed by atoms with Crippen molar-refractivity contribution < 1.29 is 14.3 Å². The number of methoxy groups -OCH3 is 1. The number of amides is 2. The van der Waals surface area contributed by atoms with E-state index in [1.165, 1.54) is 0 Å². The van der Waals surface area contributed by atoms with Gasteiger partial charge in [-0.25, -0.2) is 0 Å². The Morgan fingerprint density at radius 1 is 1.03 bits per heavy atom. The van der Waals surface area contributed by atoms with Gasteiger partial charge in [-0.15, -0.1) is 0 Å². The molecule has 0 spiro atoms. The predicted octanol–water partition coefficient (Wildman–Crippen LogP) is 4.49. The van der Waals surface area contributed by atoms with Crippen molar-refractivity contribution in [2.24, 2.45) is 0 Å². The quantitative estimate of drug-likeness (QED) is 0.629. The summed E-state index contributed by atoms with van der Waals surface area (Å²) in [6, 6.07) is 12.0. The van der Waals surface area contributed by atoms with E-state index in [2.05, 4.69) is 5.32 Å². The van der Waals surface area contributed by atoms with Crippen LogP contribution in [-0.2, 0) is 22.6 Å². The standard InChI is InChI=1S/C22H26Cl2N2O3/c1-4-20(22(28)25-5-2)26(14-15-6-9-17(29-3)10-7-15)21(27)13-16-8-11-18(23)19(24)12-16/h6-12,20H,4-5,13-14H2,1-3H3,(H,25,28)/t20-/m0/s1. The van der Waals surface area contributed by atoms with Gasteiger partial charge < -0.3 is 15.0 Å². The van der Waals surface area contributed by atoms with Crippen LogP contribution in [0.4, 0.5) is 0 Å². The van der Waals surface area contributed by atoms with E-state index in [9.17, 15) is 9.59 Å². The Bertz CT molecular complexity index is 840. The lowest BCUT2D eigenvalue weighted by atomic mass is 10.1. The first-order valence-electron chi connectivity index (χ1n) is 9.53. The summed E-state index contributed by atoms with van der Waals surface area (Å²) in [5.41, 5.74) is 1.66. The molecule has 0 saturated heterocycles. The molecule has 2 aromatic carbocycles. The Labute approximate surface area is 181 Å². The second-order valence-electron chi connectivity index (χ2n) is 6.61. The molecule has 7 heteroatoms. The van der Waals surface area contributed by atoms with Crippen LogP contribution in [0, 0.1) is 0 Å². The van der Waals surface area contributed by atoms with Gasteiger partial charge in [-0.1, -0.05) is 48.3 Å². The van der Waals surface area contributed by atoms with Crippen LogP contribution < -0.4 is 10.1 Å². The molecule has 0 aromatic heterocycles. The van der Waals surface area contributed by atoms with Gasteiger partial charge in [0.05, 0.1) is 23.6 Å². The van der Waals surface area contributed by atoms with Gasteiger partial charge in [0, 0.05) is 13.1 Å². The molecule has 0 aliphatic rings. The Kier molecular flexibility index (Phi) is 8.80. The van der Waals surface area contributed by atoms with Crippen molar-refractivity contribution >= 4 is 35.0 Å². The molecule has 5 nitrogen and oxygen atoms in total. The Hall–Kier alpha value is -2.24. The molecule has 1 N–H and O–H groups in total. The van der Waals surface area contributed by atoms with Crippen LogP contribution >= 0.6 is 23.2 Å². The number of benzene rings is 2. The fraction of sp³-hybridized carbons (Fsp3) is 0.364. The zero-order valence-corrected chi connectivity index (χ0v) is 18.4. The molecule has 1 atom stereocenters. The number of nitrogens with one attached hydrogen (secondary N) is 1. The van der Waals surface area contributed by atoms with Crippen molar-refractivity contribution in [3.05, 3.63) is 63.6 Å². The maximum atomic E-state index is 13.2. The van der Waals surface area contributed by atoms with Gasteiger partial charge in [-0.3, -0.25) is 9.59 Å². The summed E-state index contributed by atoms with van der Waals surface area (Å²) in [4.78, 5) is 27.4. The van der Waals surface area contributed by atoms with Crippen molar-refractivity contribution in [1.82, 2.24) is 10.2 Å². The Balaban J connectivity index is 2.28. The maximum Gasteiger partial charge on any atom is 0.242 e. The van der Waals surface area contributed by atoms with Gasteiger partial charge in [0.15, 0.2) is 0 Å². The molecule has 0 aliphatic carbocycles. The van der Waals surface area contributed by atoms with Crippen molar-refractivity contribution in [3.63, 3.8) is 0 Å². The molecule has 0 radical (unpaired) electrons. The average Bonchev–Trinajstić information content (AvgIpc) is 2.71. The van der Waals surface area contributed by atoms with Crippen molar-refractivity contribution in [1.29, 1.82) is 0 Å². The third-order valence-corrected chi connectivity index (χ3v) is 5.33. The zero-order valence-electron chi connectivity index (χ0n) is 16.9. The molecule has 0 saturated carbocycles. The minimum Gasteiger partial charge on any atom is -0.497 e. The molecule has 29 heavy (non-hydrogen) atoms. The minimum absolute atomic E-state index is 0.128. The molecule has 156 valence electrons. The van der Waals surface area contributed by atoms with E-state index < -0.39 is 6.04 Å². The van der Waals surface area contributed by atoms with Crippen LogP contribution in [0.3, 0.4) is 0 Å². The highest BCUT2D eigenvalue weighted by molar-refractivity contribution is 6.42. The lowest BCUT2D eigenvalue weighted by Crippen LogP contribution is -2.49. The number of halogens is 2. The first kappa shape index (κ1) is 23.0. The second kappa shape index (κ2) is 11.1. The SMILES string of the molecule is CCNC(=O)[C@H](CC)N(Cc1ccc(OC)cc1)C(=O)Cc1ccc(Cl)c(Cl)c1. The summed E-state index contributed by atoms with van der Waals surface area (Å²) in [5, 5.41) is 3.66. The summed E-state index contributed by atoms with van der Waals surface area (Å²) in [6.45, 7) is 4.58. The van der Waals surface area contributed by atoms with E-state index in [0.717, 1.165) is 16.9 Å². The molecular weight excluding hydrogens is 411 g/mol. The zero-order chi connectivity index (χ0) is 21.4. The fourth-order valence-corrected chi connectivity index (χ4v) is 3.39. The molecule has 2 rings (SSSR count). The number of nitrogens with zero attached hydrogens (tertiary/aromatic N) is 1.